The lowest BCUT2D eigenvalue weighted by molar-refractivity contribution is -0.132. The Hall–Kier alpha value is -2.61. The smallest absolute Gasteiger partial charge is 0.244 e. The second-order valence-electron chi connectivity index (χ2n) is 8.21. The molecule has 0 saturated heterocycles. The third-order valence-corrected chi connectivity index (χ3v) is 6.99. The maximum absolute atomic E-state index is 13.7. The summed E-state index contributed by atoms with van der Waals surface area (Å²) in [5.41, 5.74) is 2.44. The fraction of sp³-hybridized carbons (Fsp3) is 0.478. The van der Waals surface area contributed by atoms with Crippen LogP contribution in [0, 0.1) is 19.7 Å². The Morgan fingerprint density at radius 3 is 2.74 bits per heavy atom. The van der Waals surface area contributed by atoms with E-state index in [1.165, 1.54) is 10.9 Å². The van der Waals surface area contributed by atoms with Crippen LogP contribution in [-0.4, -0.2) is 43.6 Å². The van der Waals surface area contributed by atoms with Gasteiger partial charge in [-0.25, -0.2) is 19.0 Å². The predicted octanol–water partition coefficient (Wildman–Crippen LogP) is 4.30. The zero-order valence-electron chi connectivity index (χ0n) is 18.5. The average molecular weight is 442 g/mol. The molecule has 1 unspecified atom stereocenters. The standard InChI is InChI=1S/C23H28FN5OS/c1-5-14(2)23-26-22(17-6-7-18(24)15(3)12-17)27-29(23)13-21(30)28-10-8-19-20(9-11-28)31-16(4)25-19/h6-7,12,14H,5,8-11,13H2,1-4H3. The van der Waals surface area contributed by atoms with Gasteiger partial charge in [-0.1, -0.05) is 13.8 Å². The van der Waals surface area contributed by atoms with Gasteiger partial charge < -0.3 is 4.90 Å². The number of halogens is 1. The van der Waals surface area contributed by atoms with E-state index in [9.17, 15) is 9.18 Å². The first-order chi connectivity index (χ1) is 14.9. The molecule has 1 aliphatic rings. The fourth-order valence-corrected chi connectivity index (χ4v) is 4.86. The number of rotatable bonds is 5. The quantitative estimate of drug-likeness (QED) is 0.592. The van der Waals surface area contributed by atoms with E-state index in [0.717, 1.165) is 41.4 Å². The molecule has 0 fully saturated rings. The summed E-state index contributed by atoms with van der Waals surface area (Å²) < 4.78 is 15.4. The van der Waals surface area contributed by atoms with Gasteiger partial charge in [0.15, 0.2) is 5.82 Å². The van der Waals surface area contributed by atoms with Gasteiger partial charge in [0, 0.05) is 42.3 Å². The minimum atomic E-state index is -0.250. The third kappa shape index (κ3) is 4.54. The third-order valence-electron chi connectivity index (χ3n) is 5.92. The molecule has 3 heterocycles. The van der Waals surface area contributed by atoms with Crippen molar-refractivity contribution in [3.8, 4) is 11.4 Å². The second kappa shape index (κ2) is 8.86. The molecule has 0 N–H and O–H groups in total. The Balaban J connectivity index is 1.55. The molecule has 1 aliphatic heterocycles. The van der Waals surface area contributed by atoms with Gasteiger partial charge in [-0.3, -0.25) is 4.79 Å². The molecule has 0 bridgehead atoms. The lowest BCUT2D eigenvalue weighted by Gasteiger charge is -2.21. The monoisotopic (exact) mass is 441 g/mol. The highest BCUT2D eigenvalue weighted by molar-refractivity contribution is 7.11. The molecular formula is C23H28FN5OS. The van der Waals surface area contributed by atoms with Crippen LogP contribution in [0.2, 0.25) is 0 Å². The Bertz CT molecular complexity index is 1080. The van der Waals surface area contributed by atoms with Crippen molar-refractivity contribution in [1.82, 2.24) is 24.6 Å². The molecule has 31 heavy (non-hydrogen) atoms. The SMILES string of the molecule is CCC(C)c1nc(-c2ccc(F)c(C)c2)nn1CC(=O)N1CCc2nc(C)sc2CC1. The zero-order chi connectivity index (χ0) is 22.1. The average Bonchev–Trinajstić information content (AvgIpc) is 3.26. The molecule has 0 saturated carbocycles. The topological polar surface area (TPSA) is 63.9 Å². The number of fused-ring (bicyclic) bond motifs is 1. The maximum Gasteiger partial charge on any atom is 0.244 e. The molecule has 0 radical (unpaired) electrons. The van der Waals surface area contributed by atoms with E-state index in [1.54, 1.807) is 35.1 Å². The number of hydrogen-bond donors (Lipinski definition) is 0. The number of hydrogen-bond acceptors (Lipinski definition) is 5. The Labute approximate surface area is 186 Å². The predicted molar refractivity (Wildman–Crippen MR) is 120 cm³/mol. The van der Waals surface area contributed by atoms with Crippen molar-refractivity contribution in [2.75, 3.05) is 13.1 Å². The fourth-order valence-electron chi connectivity index (χ4n) is 3.89. The zero-order valence-corrected chi connectivity index (χ0v) is 19.3. The van der Waals surface area contributed by atoms with Gasteiger partial charge in [0.05, 0.1) is 10.7 Å². The van der Waals surface area contributed by atoms with Crippen LogP contribution in [0.4, 0.5) is 4.39 Å². The first kappa shape index (κ1) is 21.6. The van der Waals surface area contributed by atoms with E-state index in [1.807, 2.05) is 11.8 Å². The first-order valence-electron chi connectivity index (χ1n) is 10.8. The van der Waals surface area contributed by atoms with Crippen LogP contribution in [0.25, 0.3) is 11.4 Å². The second-order valence-corrected chi connectivity index (χ2v) is 9.50. The summed E-state index contributed by atoms with van der Waals surface area (Å²) in [6.07, 6.45) is 2.53. The highest BCUT2D eigenvalue weighted by Gasteiger charge is 2.24. The lowest BCUT2D eigenvalue weighted by Crippen LogP contribution is -2.36. The minimum Gasteiger partial charge on any atom is -0.340 e. The largest absolute Gasteiger partial charge is 0.340 e. The number of carbonyl (C=O) groups is 1. The van der Waals surface area contributed by atoms with E-state index in [4.69, 9.17) is 4.98 Å². The summed E-state index contributed by atoms with van der Waals surface area (Å²) in [7, 11) is 0. The Kier molecular flexibility index (Phi) is 6.18. The molecule has 1 atom stereocenters. The van der Waals surface area contributed by atoms with Crippen LogP contribution in [0.1, 0.15) is 53.2 Å². The normalized spacial score (nSPS) is 14.9. The summed E-state index contributed by atoms with van der Waals surface area (Å²) >= 11 is 1.73. The summed E-state index contributed by atoms with van der Waals surface area (Å²) in [6.45, 7) is 9.47. The van der Waals surface area contributed by atoms with Gasteiger partial charge in [-0.15, -0.1) is 11.3 Å². The molecule has 3 aromatic rings. The summed E-state index contributed by atoms with van der Waals surface area (Å²) in [5, 5.41) is 5.74. The van der Waals surface area contributed by atoms with Crippen LogP contribution in [0.3, 0.4) is 0 Å². The molecule has 0 spiro atoms. The van der Waals surface area contributed by atoms with Crippen molar-refractivity contribution < 1.29 is 9.18 Å². The van der Waals surface area contributed by atoms with Crippen LogP contribution in [0.15, 0.2) is 18.2 Å². The van der Waals surface area contributed by atoms with Gasteiger partial charge in [0.2, 0.25) is 5.91 Å². The highest BCUT2D eigenvalue weighted by Crippen LogP contribution is 2.25. The van der Waals surface area contributed by atoms with Crippen LogP contribution in [0.5, 0.6) is 0 Å². The number of benzene rings is 1. The van der Waals surface area contributed by atoms with Gasteiger partial charge >= 0.3 is 0 Å². The molecule has 6 nitrogen and oxygen atoms in total. The Morgan fingerprint density at radius 1 is 1.23 bits per heavy atom. The molecule has 1 amide bonds. The van der Waals surface area contributed by atoms with Crippen LogP contribution >= 0.6 is 11.3 Å². The number of aryl methyl sites for hydroxylation is 2. The van der Waals surface area contributed by atoms with Gasteiger partial charge in [0.25, 0.3) is 0 Å². The number of aromatic nitrogens is 4. The number of carbonyl (C=O) groups excluding carboxylic acids is 1. The number of amides is 1. The summed E-state index contributed by atoms with van der Waals surface area (Å²) in [5.74, 6) is 1.28. The molecule has 2 aromatic heterocycles. The number of nitrogens with zero attached hydrogens (tertiary/aromatic N) is 5. The summed E-state index contributed by atoms with van der Waals surface area (Å²) in [4.78, 5) is 25.7. The molecule has 1 aromatic carbocycles. The van der Waals surface area contributed by atoms with Crippen molar-refractivity contribution in [1.29, 1.82) is 0 Å². The van der Waals surface area contributed by atoms with Gasteiger partial charge in [-0.2, -0.15) is 5.10 Å². The lowest BCUT2D eigenvalue weighted by atomic mass is 10.1. The van der Waals surface area contributed by atoms with E-state index >= 15 is 0 Å². The maximum atomic E-state index is 13.7. The highest BCUT2D eigenvalue weighted by atomic mass is 32.1. The van der Waals surface area contributed by atoms with Crippen molar-refractivity contribution in [2.45, 2.75) is 59.4 Å². The minimum absolute atomic E-state index is 0.0446. The van der Waals surface area contributed by atoms with Crippen molar-refractivity contribution >= 4 is 17.2 Å². The van der Waals surface area contributed by atoms with E-state index in [2.05, 4.69) is 23.9 Å². The molecule has 8 heteroatoms. The molecule has 164 valence electrons. The van der Waals surface area contributed by atoms with Crippen LogP contribution in [-0.2, 0) is 24.2 Å². The van der Waals surface area contributed by atoms with Crippen molar-refractivity contribution in [3.63, 3.8) is 0 Å². The van der Waals surface area contributed by atoms with Gasteiger partial charge in [0.1, 0.15) is 18.2 Å². The Morgan fingerprint density at radius 2 is 2.00 bits per heavy atom. The molecular weight excluding hydrogens is 413 g/mol. The molecule has 0 aliphatic carbocycles. The van der Waals surface area contributed by atoms with Crippen LogP contribution < -0.4 is 0 Å². The van der Waals surface area contributed by atoms with E-state index in [0.29, 0.717) is 24.5 Å². The number of thiazole rings is 1. The van der Waals surface area contributed by atoms with Crippen molar-refractivity contribution in [2.24, 2.45) is 0 Å². The van der Waals surface area contributed by atoms with Crippen molar-refractivity contribution in [3.05, 3.63) is 51.0 Å². The summed E-state index contributed by atoms with van der Waals surface area (Å²) in [6, 6.07) is 4.87. The van der Waals surface area contributed by atoms with E-state index in [-0.39, 0.29) is 24.2 Å². The van der Waals surface area contributed by atoms with E-state index < -0.39 is 0 Å². The first-order valence-corrected chi connectivity index (χ1v) is 11.6. The van der Waals surface area contributed by atoms with Gasteiger partial charge in [-0.05, 0) is 44.0 Å². The molecule has 4 rings (SSSR count).